The number of nitrogens with zero attached hydrogens (tertiary/aromatic N) is 2. The highest BCUT2D eigenvalue weighted by Gasteiger charge is 2.21. The molecule has 0 aliphatic rings. The molecule has 38 heavy (non-hydrogen) atoms. The van der Waals surface area contributed by atoms with Crippen LogP contribution in [0.5, 0.6) is 0 Å². The zero-order valence-corrected chi connectivity index (χ0v) is 25.5. The van der Waals surface area contributed by atoms with Gasteiger partial charge in [0.05, 0.1) is 11.3 Å². The van der Waals surface area contributed by atoms with Gasteiger partial charge in [-0.2, -0.15) is 0 Å². The molecule has 208 valence electrons. The minimum atomic E-state index is -0.195. The number of carbonyl (C=O) groups is 1. The van der Waals surface area contributed by atoms with E-state index in [1.165, 1.54) is 77.0 Å². The highest BCUT2D eigenvalue weighted by Crippen LogP contribution is 2.26. The number of hydrogen-bond donors (Lipinski definition) is 0. The minimum absolute atomic E-state index is 0. The average Bonchev–Trinajstić information content (AvgIpc) is 3.27. The first-order valence-corrected chi connectivity index (χ1v) is 15.3. The molecule has 0 saturated carbocycles. The lowest BCUT2D eigenvalue weighted by Gasteiger charge is -2.05. The summed E-state index contributed by atoms with van der Waals surface area (Å²) < 4.78 is 8.66. The molecule has 0 aliphatic carbocycles. The Balaban J connectivity index is 0.00000507. The molecule has 1 aromatic heterocycles. The fourth-order valence-electron chi connectivity index (χ4n) is 4.60. The van der Waals surface area contributed by atoms with Crippen LogP contribution >= 0.6 is 11.3 Å². The summed E-state index contributed by atoms with van der Waals surface area (Å²) >= 11 is 1.59. The molecule has 1 heterocycles. The number of ether oxygens (including phenoxy) is 1. The molecule has 0 amide bonds. The van der Waals surface area contributed by atoms with Gasteiger partial charge in [-0.15, -0.1) is 0 Å². The summed E-state index contributed by atoms with van der Waals surface area (Å²) in [6, 6.07) is 18.1. The molecule has 4 nitrogen and oxygen atoms in total. The van der Waals surface area contributed by atoms with E-state index in [1.54, 1.807) is 11.3 Å². The molecule has 0 aliphatic heterocycles. The topological polar surface area (TPSA) is 42.5 Å². The van der Waals surface area contributed by atoms with E-state index in [4.69, 9.17) is 9.73 Å². The number of thiazole rings is 1. The van der Waals surface area contributed by atoms with Crippen LogP contribution in [0.25, 0.3) is 10.2 Å². The van der Waals surface area contributed by atoms with Gasteiger partial charge in [-0.1, -0.05) is 133 Å². The smallest absolute Gasteiger partial charge is 0.383 e. The minimum Gasteiger partial charge on any atom is -1.00 e. The summed E-state index contributed by atoms with van der Waals surface area (Å²) in [6.07, 6.45) is 20.3. The van der Waals surface area contributed by atoms with Crippen molar-refractivity contribution in [2.24, 2.45) is 4.99 Å². The Morgan fingerprint density at radius 2 is 1.34 bits per heavy atom. The normalized spacial score (nSPS) is 11.2. The Labute approximate surface area is 244 Å². The monoisotopic (exact) mass is 600 g/mol. The van der Waals surface area contributed by atoms with Crippen LogP contribution < -0.4 is 21.5 Å². The van der Waals surface area contributed by atoms with Gasteiger partial charge in [0.15, 0.2) is 6.54 Å². The summed E-state index contributed by atoms with van der Waals surface area (Å²) in [6.45, 7) is 2.96. The lowest BCUT2D eigenvalue weighted by Crippen LogP contribution is -3.00. The van der Waals surface area contributed by atoms with Gasteiger partial charge in [0, 0.05) is 5.56 Å². The fraction of sp³-hybridized carbons (Fsp3) is 0.531. The molecule has 3 aromatic rings. The summed E-state index contributed by atoms with van der Waals surface area (Å²) in [7, 11) is 0. The number of aliphatic imine (C=N–C) groups is 1. The largest absolute Gasteiger partial charge is 1.00 e. The van der Waals surface area contributed by atoms with Crippen LogP contribution in [0.3, 0.4) is 0 Å². The van der Waals surface area contributed by atoms with E-state index in [0.717, 1.165) is 33.8 Å². The highest BCUT2D eigenvalue weighted by molar-refractivity contribution is 7.21. The zero-order chi connectivity index (χ0) is 26.0. The zero-order valence-electron chi connectivity index (χ0n) is 23.1. The van der Waals surface area contributed by atoms with Crippen LogP contribution in [-0.2, 0) is 16.1 Å². The lowest BCUT2D eigenvalue weighted by molar-refractivity contribution is -0.643. The second-order valence-corrected chi connectivity index (χ2v) is 10.9. The second kappa shape index (κ2) is 19.9. The summed E-state index contributed by atoms with van der Waals surface area (Å²) in [5.74, 6) is -0.195. The Morgan fingerprint density at radius 1 is 0.789 bits per heavy atom. The average molecular weight is 602 g/mol. The standard InChI is InChI=1S/C32H45N2O2S.BrH/c1-2-3-4-5-6-7-8-9-10-11-12-13-14-20-25-36-31(35)27-34-29-23-18-19-24-30(29)37-32(34)33-26-28-21-16-15-17-22-28;/h15-19,21-24,26H,2-14,20,25,27H2,1H3;1H/q+1;/p-1. The van der Waals surface area contributed by atoms with Crippen LogP contribution in [0.4, 0.5) is 5.13 Å². The van der Waals surface area contributed by atoms with Crippen LogP contribution in [0.1, 0.15) is 102 Å². The van der Waals surface area contributed by atoms with Gasteiger partial charge in [-0.05, 0) is 34.9 Å². The second-order valence-electron chi connectivity index (χ2n) is 9.92. The molecule has 0 atom stereocenters. The number of hydrogen-bond acceptors (Lipinski definition) is 4. The first-order valence-electron chi connectivity index (χ1n) is 14.4. The van der Waals surface area contributed by atoms with Crippen molar-refractivity contribution in [1.82, 2.24) is 0 Å². The van der Waals surface area contributed by atoms with Crippen molar-refractivity contribution >= 4 is 38.9 Å². The van der Waals surface area contributed by atoms with Crippen LogP contribution in [-0.4, -0.2) is 18.8 Å². The summed E-state index contributed by atoms with van der Waals surface area (Å²) in [4.78, 5) is 17.3. The van der Waals surface area contributed by atoms with Crippen molar-refractivity contribution in [3.8, 4) is 0 Å². The lowest BCUT2D eigenvalue weighted by atomic mass is 10.0. The molecule has 0 fully saturated rings. The Hall–Kier alpha value is -2.05. The quantitative estimate of drug-likeness (QED) is 0.0736. The van der Waals surface area contributed by atoms with Gasteiger partial charge in [-0.25, -0.2) is 9.36 Å². The number of fused-ring (bicyclic) bond motifs is 1. The Morgan fingerprint density at radius 3 is 1.97 bits per heavy atom. The van der Waals surface area contributed by atoms with Crippen molar-refractivity contribution in [3.05, 3.63) is 60.2 Å². The van der Waals surface area contributed by atoms with Gasteiger partial charge < -0.3 is 21.7 Å². The van der Waals surface area contributed by atoms with E-state index in [0.29, 0.717) is 6.61 Å². The predicted molar refractivity (Wildman–Crippen MR) is 157 cm³/mol. The van der Waals surface area contributed by atoms with Gasteiger partial charge >= 0.3 is 11.1 Å². The molecular formula is C32H45BrN2O2S. The molecule has 3 rings (SSSR count). The molecule has 0 bridgehead atoms. The first kappa shape index (κ1) is 32.2. The number of esters is 1. The highest BCUT2D eigenvalue weighted by atomic mass is 79.9. The van der Waals surface area contributed by atoms with Gasteiger partial charge in [0.1, 0.15) is 11.7 Å². The summed E-state index contributed by atoms with van der Waals surface area (Å²) in [5.41, 5.74) is 2.05. The van der Waals surface area contributed by atoms with Gasteiger partial charge in [0.25, 0.3) is 0 Å². The van der Waals surface area contributed by atoms with E-state index in [9.17, 15) is 4.79 Å². The predicted octanol–water partition coefficient (Wildman–Crippen LogP) is 5.97. The van der Waals surface area contributed by atoms with Crippen LogP contribution in [0.2, 0.25) is 0 Å². The number of halogens is 1. The molecule has 0 spiro atoms. The third-order valence-electron chi connectivity index (χ3n) is 6.76. The number of rotatable bonds is 19. The fourth-order valence-corrected chi connectivity index (χ4v) is 5.60. The van der Waals surface area contributed by atoms with E-state index < -0.39 is 0 Å². The molecule has 0 N–H and O–H groups in total. The molecule has 0 unspecified atom stereocenters. The number of benzene rings is 2. The maximum absolute atomic E-state index is 12.6. The maximum atomic E-state index is 12.6. The SMILES string of the molecule is CCCCCCCCCCCCCCCCOC(=O)C[n+]1c(N=Cc2ccccc2)sc2ccccc21.[Br-]. The van der Waals surface area contributed by atoms with Gasteiger partial charge in [-0.3, -0.25) is 0 Å². The van der Waals surface area contributed by atoms with Crippen molar-refractivity contribution in [2.45, 2.75) is 103 Å². The van der Waals surface area contributed by atoms with Crippen molar-refractivity contribution in [2.75, 3.05) is 6.61 Å². The third kappa shape index (κ3) is 12.2. The molecule has 0 saturated heterocycles. The number of carbonyl (C=O) groups excluding carboxylic acids is 1. The molecular weight excluding hydrogens is 556 g/mol. The van der Waals surface area contributed by atoms with Crippen LogP contribution in [0, 0.1) is 0 Å². The van der Waals surface area contributed by atoms with E-state index in [1.807, 2.05) is 59.3 Å². The Kier molecular flexibility index (Phi) is 16.9. The maximum Gasteiger partial charge on any atom is 0.383 e. The molecule has 2 aromatic carbocycles. The van der Waals surface area contributed by atoms with Crippen molar-refractivity contribution < 1.29 is 31.1 Å². The Bertz CT molecular complexity index is 1070. The molecule has 0 radical (unpaired) electrons. The van der Waals surface area contributed by atoms with Gasteiger partial charge in [0.2, 0.25) is 0 Å². The van der Waals surface area contributed by atoms with E-state index in [-0.39, 0.29) is 29.5 Å². The number of unbranched alkanes of at least 4 members (excludes halogenated alkanes) is 13. The third-order valence-corrected chi connectivity index (χ3v) is 7.83. The molecule has 6 heteroatoms. The summed E-state index contributed by atoms with van der Waals surface area (Å²) in [5, 5.41) is 0.804. The van der Waals surface area contributed by atoms with E-state index >= 15 is 0 Å². The van der Waals surface area contributed by atoms with Crippen molar-refractivity contribution in [1.29, 1.82) is 0 Å². The first-order chi connectivity index (χ1) is 18.3. The van der Waals surface area contributed by atoms with Crippen LogP contribution in [0.15, 0.2) is 59.6 Å². The number of para-hydroxylation sites is 1. The van der Waals surface area contributed by atoms with Crippen molar-refractivity contribution in [3.63, 3.8) is 0 Å². The van der Waals surface area contributed by atoms with E-state index in [2.05, 4.69) is 13.0 Å². The number of aromatic nitrogens is 1.